The minimum Gasteiger partial charge on any atom is -0.458 e. The van der Waals surface area contributed by atoms with E-state index < -0.39 is 213 Å². The minimum absolute atomic E-state index is 0.0561. The van der Waals surface area contributed by atoms with Gasteiger partial charge in [0, 0.05) is 31.8 Å². The number of esters is 1. The maximum absolute atomic E-state index is 14.4. The second kappa shape index (κ2) is 25.6. The molecule has 1 spiro atoms. The standard InChI is InChI=1S/C54H84O32S3/c1-22(2)16-24(55)17-53(8)44-27(56)18-52(7)26-10-11-31-50(4,5)32(13-14-51(31,6)25(26)12-15-54(44,52)49(64)85-53)81-48-43(35(59)30(19-75-48)86-89(71,72)73)84-45-37(61)36(60)40(23(3)78-45)82-47-39(63)42(34(58)29(80-47)21-77-88(68,69)70)83-46-38(62)41(74-9)33(57)28(79-46)20-76-87(65,66)67/h10,22-23,25,28-48,57-63H,11-21H2,1-9H3,(H,65,66,67)(H,68,69,70)(H,71,72,73)/t23-,25?,28-,29-,30-,31?,32+,33-,34-,35+,36-,37-,38-,39-,40-,41+,42+,43-,44-,45+,46+,47+,48+,51-,52+,53+,54-/m1/s1. The number of Topliss-reactive ketones (excluding diaryl/α,β-unsaturated/α-hetero) is 2. The average Bonchev–Trinajstić information content (AvgIpc) is 1.54. The van der Waals surface area contributed by atoms with Gasteiger partial charge >= 0.3 is 37.2 Å². The first-order valence-corrected chi connectivity index (χ1v) is 33.6. The lowest BCUT2D eigenvalue weighted by Gasteiger charge is -2.63. The van der Waals surface area contributed by atoms with Crippen LogP contribution in [-0.2, 0) is 105 Å². The molecule has 8 fully saturated rings. The second-order valence-corrected chi connectivity index (χ2v) is 30.1. The van der Waals surface area contributed by atoms with Gasteiger partial charge in [-0.2, -0.15) is 25.3 Å². The van der Waals surface area contributed by atoms with Gasteiger partial charge in [0.05, 0.1) is 43.4 Å². The summed E-state index contributed by atoms with van der Waals surface area (Å²) < 4.78 is 171. The molecule has 5 heterocycles. The van der Waals surface area contributed by atoms with Crippen LogP contribution in [0.1, 0.15) is 107 Å². The number of carbonyl (C=O) groups is 3. The van der Waals surface area contributed by atoms with Crippen LogP contribution >= 0.6 is 0 Å². The molecule has 0 aromatic rings. The Bertz CT molecular complexity index is 3000. The lowest BCUT2D eigenvalue weighted by molar-refractivity contribution is -0.389. The number of ether oxygens (including phenoxy) is 10. The van der Waals surface area contributed by atoms with Gasteiger partial charge in [-0.15, -0.1) is 0 Å². The van der Waals surface area contributed by atoms with Gasteiger partial charge in [-0.1, -0.05) is 53.2 Å². The summed E-state index contributed by atoms with van der Waals surface area (Å²) in [4.78, 5) is 42.0. The highest BCUT2D eigenvalue weighted by Gasteiger charge is 2.79. The van der Waals surface area contributed by atoms with Gasteiger partial charge in [-0.25, -0.2) is 12.5 Å². The smallest absolute Gasteiger partial charge is 0.397 e. The fourth-order valence-electron chi connectivity index (χ4n) is 16.5. The highest BCUT2D eigenvalue weighted by Crippen LogP contribution is 2.75. The number of carbonyl (C=O) groups excluding carboxylic acids is 3. The third-order valence-electron chi connectivity index (χ3n) is 20.4. The van der Waals surface area contributed by atoms with E-state index in [1.165, 1.54) is 6.92 Å². The van der Waals surface area contributed by atoms with Gasteiger partial charge in [-0.3, -0.25) is 28.0 Å². The number of cyclic esters (lactones) is 1. The van der Waals surface area contributed by atoms with E-state index in [9.17, 15) is 84.5 Å². The number of aliphatic hydroxyl groups is 7. The molecule has 5 aliphatic heterocycles. The topological polar surface area (TPSA) is 476 Å². The van der Waals surface area contributed by atoms with Crippen LogP contribution in [0.2, 0.25) is 0 Å². The molecule has 89 heavy (non-hydrogen) atoms. The average molecular weight is 1340 g/mol. The summed E-state index contributed by atoms with van der Waals surface area (Å²) in [5.74, 6) is -1.57. The Morgan fingerprint density at radius 2 is 1.24 bits per heavy atom. The lowest BCUT2D eigenvalue weighted by Crippen LogP contribution is -2.67. The molecule has 510 valence electrons. The Kier molecular flexibility index (Phi) is 20.4. The molecule has 9 rings (SSSR count). The molecule has 0 amide bonds. The van der Waals surface area contributed by atoms with Gasteiger partial charge in [0.25, 0.3) is 0 Å². The van der Waals surface area contributed by atoms with Crippen molar-refractivity contribution in [2.45, 2.75) is 235 Å². The SMILES string of the molecule is CO[C@@H]1[C@@H](O)[C@H](O[C@@H]2[C@@H](O)[C@H](O[C@H]3[C@H](O)[C@@H](O)[C@H](O[C@H]4[C@H](O[C@H]5CC[C@]6(C)C7CC[C@]89C(=O)O[C@@](C)(CC(=O)CC(C)C)[C@H]8C(=O)C[C@@]9(C)C7=CCC6C5(C)C)OC[C@@H](OS(=O)(=O)O)[C@@H]4O)O[C@@H]3C)O[C@H](COS(=O)(=O)O)[C@H]2O)O[C@H](COS(=O)(=O)O)[C@H]1O. The van der Waals surface area contributed by atoms with Crippen LogP contribution in [0.4, 0.5) is 0 Å². The first-order chi connectivity index (χ1) is 41.1. The van der Waals surface area contributed by atoms with E-state index in [-0.39, 0.29) is 48.6 Å². The molecule has 27 atom stereocenters. The molecular formula is C54H84O32S3. The Hall–Kier alpha value is -2.48. The highest BCUT2D eigenvalue weighted by atomic mass is 32.3. The van der Waals surface area contributed by atoms with Crippen molar-refractivity contribution < 1.29 is 149 Å². The summed E-state index contributed by atoms with van der Waals surface area (Å²) in [6, 6.07) is 0. The van der Waals surface area contributed by atoms with Crippen molar-refractivity contribution in [2.75, 3.05) is 26.9 Å². The number of aliphatic hydroxyl groups excluding tert-OH is 7. The number of fused-ring (bicyclic) bond motifs is 4. The Balaban J connectivity index is 0.918. The monoisotopic (exact) mass is 1340 g/mol. The third-order valence-corrected chi connectivity index (χ3v) is 21.8. The van der Waals surface area contributed by atoms with Crippen LogP contribution in [0.15, 0.2) is 11.6 Å². The molecule has 0 aromatic carbocycles. The molecule has 32 nitrogen and oxygen atoms in total. The lowest BCUT2D eigenvalue weighted by atomic mass is 9.41. The number of hydrogen-bond acceptors (Lipinski definition) is 29. The number of allylic oxidation sites excluding steroid dienone is 2. The Labute approximate surface area is 514 Å². The molecular weight excluding hydrogens is 1260 g/mol. The van der Waals surface area contributed by atoms with Gasteiger partial charge in [0.15, 0.2) is 25.2 Å². The fraction of sp³-hybridized carbons (Fsp3) is 0.907. The van der Waals surface area contributed by atoms with Crippen LogP contribution < -0.4 is 0 Å². The first-order valence-electron chi connectivity index (χ1n) is 29.5. The van der Waals surface area contributed by atoms with E-state index >= 15 is 0 Å². The van der Waals surface area contributed by atoms with E-state index in [1.54, 1.807) is 6.92 Å². The molecule has 3 saturated carbocycles. The normalized spacial score (nSPS) is 46.7. The van der Waals surface area contributed by atoms with Crippen LogP contribution in [0, 0.1) is 45.3 Å². The van der Waals surface area contributed by atoms with E-state index in [1.807, 2.05) is 34.6 Å². The number of rotatable bonds is 21. The Morgan fingerprint density at radius 3 is 1.81 bits per heavy atom. The molecule has 4 aliphatic carbocycles. The predicted molar refractivity (Wildman–Crippen MR) is 292 cm³/mol. The molecule has 0 radical (unpaired) electrons. The molecule has 0 bridgehead atoms. The molecule has 0 aromatic heterocycles. The van der Waals surface area contributed by atoms with Gasteiger partial charge < -0.3 is 83.1 Å². The molecule has 35 heteroatoms. The van der Waals surface area contributed by atoms with Crippen molar-refractivity contribution in [3.05, 3.63) is 11.6 Å². The third kappa shape index (κ3) is 13.5. The first kappa shape index (κ1) is 70.8. The van der Waals surface area contributed by atoms with Crippen molar-refractivity contribution in [1.82, 2.24) is 0 Å². The van der Waals surface area contributed by atoms with E-state index in [0.29, 0.717) is 32.1 Å². The van der Waals surface area contributed by atoms with Crippen molar-refractivity contribution in [2.24, 2.45) is 45.3 Å². The number of methoxy groups -OCH3 is 1. The predicted octanol–water partition coefficient (Wildman–Crippen LogP) is -1.47. The van der Waals surface area contributed by atoms with Crippen molar-refractivity contribution in [1.29, 1.82) is 0 Å². The largest absolute Gasteiger partial charge is 0.458 e. The minimum atomic E-state index is -5.26. The Morgan fingerprint density at radius 1 is 0.674 bits per heavy atom. The maximum atomic E-state index is 14.4. The summed E-state index contributed by atoms with van der Waals surface area (Å²) in [6.07, 6.45) is -32.8. The van der Waals surface area contributed by atoms with Crippen LogP contribution in [0.5, 0.6) is 0 Å². The molecule has 9 aliphatic rings. The highest BCUT2D eigenvalue weighted by molar-refractivity contribution is 7.81. The van der Waals surface area contributed by atoms with E-state index in [4.69, 9.17) is 56.1 Å². The van der Waals surface area contributed by atoms with Gasteiger partial charge in [-0.05, 0) is 74.5 Å². The fourth-order valence-corrected chi connectivity index (χ4v) is 17.5. The van der Waals surface area contributed by atoms with Crippen molar-refractivity contribution >= 4 is 48.7 Å². The summed E-state index contributed by atoms with van der Waals surface area (Å²) in [5, 5.41) is 80.2. The summed E-state index contributed by atoms with van der Waals surface area (Å²) >= 11 is 0. The zero-order chi connectivity index (χ0) is 65.8. The number of hydrogen-bond donors (Lipinski definition) is 10. The summed E-state index contributed by atoms with van der Waals surface area (Å²) in [6.45, 7) is 12.0. The zero-order valence-electron chi connectivity index (χ0n) is 50.4. The molecule has 2 unspecified atom stereocenters. The van der Waals surface area contributed by atoms with Crippen molar-refractivity contribution in [3.63, 3.8) is 0 Å². The second-order valence-electron chi connectivity index (χ2n) is 26.8. The van der Waals surface area contributed by atoms with E-state index in [0.717, 1.165) is 12.7 Å². The molecule has 10 N–H and O–H groups in total. The summed E-state index contributed by atoms with van der Waals surface area (Å²) in [7, 11) is -14.6. The number of ketones is 2. The quantitative estimate of drug-likeness (QED) is 0.0356. The molecule has 5 saturated heterocycles. The van der Waals surface area contributed by atoms with Crippen LogP contribution in [0.3, 0.4) is 0 Å². The van der Waals surface area contributed by atoms with Crippen LogP contribution in [0.25, 0.3) is 0 Å². The zero-order valence-corrected chi connectivity index (χ0v) is 52.8. The van der Waals surface area contributed by atoms with Gasteiger partial charge in [0.2, 0.25) is 0 Å². The van der Waals surface area contributed by atoms with E-state index in [2.05, 4.69) is 21.4 Å². The summed E-state index contributed by atoms with van der Waals surface area (Å²) in [5.41, 5.74) is -3.48. The van der Waals surface area contributed by atoms with Crippen LogP contribution in [-0.4, -0.2) is 248 Å². The van der Waals surface area contributed by atoms with Gasteiger partial charge in [0.1, 0.15) is 103 Å². The van der Waals surface area contributed by atoms with Crippen molar-refractivity contribution in [3.8, 4) is 0 Å². The maximum Gasteiger partial charge on any atom is 0.397 e.